The number of imidazole rings is 1. The molecule has 1 saturated carbocycles. The minimum Gasteiger partial charge on any atom is -0.495 e. The van der Waals surface area contributed by atoms with Crippen LogP contribution in [0, 0.1) is 0 Å². The van der Waals surface area contributed by atoms with E-state index < -0.39 is 0 Å². The zero-order valence-electron chi connectivity index (χ0n) is 13.3. The number of hydrogen-bond acceptors (Lipinski definition) is 4. The predicted molar refractivity (Wildman–Crippen MR) is 88.2 cm³/mol. The minimum absolute atomic E-state index is 0.0711. The van der Waals surface area contributed by atoms with Crippen molar-refractivity contribution < 1.29 is 14.3 Å². The molecule has 0 atom stereocenters. The Hall–Kier alpha value is -1.95. The Balaban J connectivity index is 1.95. The molecule has 7 heteroatoms. The van der Waals surface area contributed by atoms with Crippen molar-refractivity contribution in [2.75, 3.05) is 13.7 Å². The third-order valence-electron chi connectivity index (χ3n) is 4.29. The van der Waals surface area contributed by atoms with Crippen LogP contribution in [0.25, 0.3) is 11.0 Å². The van der Waals surface area contributed by atoms with Crippen LogP contribution in [0.5, 0.6) is 11.8 Å². The van der Waals surface area contributed by atoms with Crippen LogP contribution >= 0.6 is 11.6 Å². The average molecular weight is 338 g/mol. The number of fused-ring (bicyclic) bond motifs is 1. The molecule has 0 unspecified atom stereocenters. The van der Waals surface area contributed by atoms with E-state index >= 15 is 0 Å². The molecule has 124 valence electrons. The van der Waals surface area contributed by atoms with Crippen molar-refractivity contribution in [1.82, 2.24) is 14.9 Å². The van der Waals surface area contributed by atoms with Gasteiger partial charge in [-0.25, -0.2) is 0 Å². The summed E-state index contributed by atoms with van der Waals surface area (Å²) in [7, 11) is 1.59. The van der Waals surface area contributed by atoms with Gasteiger partial charge in [-0.15, -0.1) is 0 Å². The van der Waals surface area contributed by atoms with E-state index in [0.29, 0.717) is 29.9 Å². The Labute approximate surface area is 139 Å². The normalized spacial score (nSPS) is 15.4. The van der Waals surface area contributed by atoms with Crippen LogP contribution in [0.2, 0.25) is 5.02 Å². The molecule has 1 aromatic heterocycles. The standard InChI is InChI=1S/C16H20ClN3O3/c1-3-23-15-19-12-8-11(17)14(22-2)9-13(12)20(15)7-6-16(4-5-16)18-10-21/h8-10H,3-7H2,1-2H3,(H,18,21). The Morgan fingerprint density at radius 1 is 1.48 bits per heavy atom. The maximum absolute atomic E-state index is 10.7. The van der Waals surface area contributed by atoms with E-state index in [4.69, 9.17) is 21.1 Å². The fourth-order valence-corrected chi connectivity index (χ4v) is 3.02. The summed E-state index contributed by atoms with van der Waals surface area (Å²) in [5.74, 6) is 0.607. The third kappa shape index (κ3) is 3.08. The maximum atomic E-state index is 10.7. The number of ether oxygens (including phenoxy) is 2. The number of aryl methyl sites for hydroxylation is 1. The van der Waals surface area contributed by atoms with Gasteiger partial charge in [0.1, 0.15) is 5.75 Å². The largest absolute Gasteiger partial charge is 0.495 e. The molecule has 1 heterocycles. The summed E-state index contributed by atoms with van der Waals surface area (Å²) in [5, 5.41) is 3.45. The first-order valence-corrected chi connectivity index (χ1v) is 8.08. The molecule has 1 N–H and O–H groups in total. The van der Waals surface area contributed by atoms with Gasteiger partial charge in [-0.2, -0.15) is 4.98 Å². The second-order valence-corrected chi connectivity index (χ2v) is 6.15. The van der Waals surface area contributed by atoms with Gasteiger partial charge in [-0.05, 0) is 32.3 Å². The summed E-state index contributed by atoms with van der Waals surface area (Å²) >= 11 is 6.18. The van der Waals surface area contributed by atoms with Gasteiger partial charge in [-0.3, -0.25) is 9.36 Å². The van der Waals surface area contributed by atoms with E-state index in [2.05, 4.69) is 10.3 Å². The Bertz CT molecular complexity index is 725. The lowest BCUT2D eigenvalue weighted by atomic mass is 10.2. The van der Waals surface area contributed by atoms with Gasteiger partial charge in [0.2, 0.25) is 6.41 Å². The topological polar surface area (TPSA) is 65.4 Å². The van der Waals surface area contributed by atoms with Gasteiger partial charge < -0.3 is 14.8 Å². The monoisotopic (exact) mass is 337 g/mol. The molecule has 1 amide bonds. The second-order valence-electron chi connectivity index (χ2n) is 5.75. The molecular formula is C16H20ClN3O3. The summed E-state index contributed by atoms with van der Waals surface area (Å²) in [6, 6.07) is 4.22. The molecule has 0 aliphatic heterocycles. The molecule has 2 aromatic rings. The summed E-state index contributed by atoms with van der Waals surface area (Å²) < 4.78 is 13.0. The average Bonchev–Trinajstić information content (AvgIpc) is 3.21. The number of halogens is 1. The van der Waals surface area contributed by atoms with Crippen LogP contribution in [-0.4, -0.2) is 35.2 Å². The van der Waals surface area contributed by atoms with Gasteiger partial charge in [0.05, 0.1) is 29.8 Å². The molecule has 6 nitrogen and oxygen atoms in total. The van der Waals surface area contributed by atoms with Crippen LogP contribution in [0.4, 0.5) is 0 Å². The first kappa shape index (κ1) is 15.9. The van der Waals surface area contributed by atoms with Gasteiger partial charge in [0.25, 0.3) is 6.01 Å². The van der Waals surface area contributed by atoms with Gasteiger partial charge in [0.15, 0.2) is 0 Å². The molecule has 1 aromatic carbocycles. The van der Waals surface area contributed by atoms with Crippen molar-refractivity contribution in [2.24, 2.45) is 0 Å². The fourth-order valence-electron chi connectivity index (χ4n) is 2.78. The number of carbonyl (C=O) groups is 1. The maximum Gasteiger partial charge on any atom is 0.297 e. The number of hydrogen-bond donors (Lipinski definition) is 1. The van der Waals surface area contributed by atoms with Crippen molar-refractivity contribution >= 4 is 29.0 Å². The predicted octanol–water partition coefficient (Wildman–Crippen LogP) is 2.77. The second kappa shape index (κ2) is 6.28. The Morgan fingerprint density at radius 3 is 2.87 bits per heavy atom. The van der Waals surface area contributed by atoms with E-state index in [1.807, 2.05) is 17.6 Å². The minimum atomic E-state index is -0.0711. The summed E-state index contributed by atoms with van der Waals surface area (Å²) in [6.45, 7) is 3.16. The number of rotatable bonds is 8. The van der Waals surface area contributed by atoms with Crippen molar-refractivity contribution in [3.8, 4) is 11.8 Å². The first-order valence-electron chi connectivity index (χ1n) is 7.70. The molecule has 0 spiro atoms. The van der Waals surface area contributed by atoms with Crippen LogP contribution < -0.4 is 14.8 Å². The van der Waals surface area contributed by atoms with Crippen LogP contribution in [0.3, 0.4) is 0 Å². The Kier molecular flexibility index (Phi) is 4.35. The number of benzene rings is 1. The zero-order valence-corrected chi connectivity index (χ0v) is 14.0. The van der Waals surface area contributed by atoms with Crippen LogP contribution in [0.1, 0.15) is 26.2 Å². The molecule has 0 radical (unpaired) electrons. The summed E-state index contributed by atoms with van der Waals surface area (Å²) in [5.41, 5.74) is 1.61. The molecule has 3 rings (SSSR count). The summed E-state index contributed by atoms with van der Waals surface area (Å²) in [6.07, 6.45) is 3.64. The summed E-state index contributed by atoms with van der Waals surface area (Å²) in [4.78, 5) is 15.3. The zero-order chi connectivity index (χ0) is 16.4. The molecule has 1 aliphatic carbocycles. The van der Waals surface area contributed by atoms with E-state index in [1.165, 1.54) is 0 Å². The van der Waals surface area contributed by atoms with E-state index in [-0.39, 0.29) is 5.54 Å². The van der Waals surface area contributed by atoms with Gasteiger partial charge in [-0.1, -0.05) is 11.6 Å². The number of nitrogens with zero attached hydrogens (tertiary/aromatic N) is 2. The van der Waals surface area contributed by atoms with E-state index in [0.717, 1.165) is 36.7 Å². The molecular weight excluding hydrogens is 318 g/mol. The van der Waals surface area contributed by atoms with Crippen molar-refractivity contribution in [1.29, 1.82) is 0 Å². The molecule has 1 fully saturated rings. The van der Waals surface area contributed by atoms with E-state index in [1.54, 1.807) is 13.2 Å². The number of carbonyl (C=O) groups excluding carboxylic acids is 1. The first-order chi connectivity index (χ1) is 11.1. The quantitative estimate of drug-likeness (QED) is 0.752. The van der Waals surface area contributed by atoms with Crippen molar-refractivity contribution in [2.45, 2.75) is 38.3 Å². The molecule has 23 heavy (non-hydrogen) atoms. The number of nitrogens with one attached hydrogen (secondary N) is 1. The smallest absolute Gasteiger partial charge is 0.297 e. The highest BCUT2D eigenvalue weighted by molar-refractivity contribution is 6.32. The third-order valence-corrected chi connectivity index (χ3v) is 4.59. The Morgan fingerprint density at radius 2 is 2.26 bits per heavy atom. The van der Waals surface area contributed by atoms with E-state index in [9.17, 15) is 4.79 Å². The highest BCUT2D eigenvalue weighted by Crippen LogP contribution is 2.40. The van der Waals surface area contributed by atoms with Crippen LogP contribution in [0.15, 0.2) is 12.1 Å². The SMILES string of the molecule is CCOc1nc2cc(Cl)c(OC)cc2n1CCC1(NC=O)CC1. The van der Waals surface area contributed by atoms with Crippen LogP contribution in [-0.2, 0) is 11.3 Å². The number of methoxy groups -OCH3 is 1. The highest BCUT2D eigenvalue weighted by Gasteiger charge is 2.42. The number of aromatic nitrogens is 2. The lowest BCUT2D eigenvalue weighted by Crippen LogP contribution is -2.31. The molecule has 0 saturated heterocycles. The van der Waals surface area contributed by atoms with Gasteiger partial charge in [0, 0.05) is 18.2 Å². The molecule has 1 aliphatic rings. The van der Waals surface area contributed by atoms with Gasteiger partial charge >= 0.3 is 0 Å². The highest BCUT2D eigenvalue weighted by atomic mass is 35.5. The number of amides is 1. The molecule has 0 bridgehead atoms. The lowest BCUT2D eigenvalue weighted by molar-refractivity contribution is -0.110. The lowest BCUT2D eigenvalue weighted by Gasteiger charge is -2.16. The van der Waals surface area contributed by atoms with Crippen molar-refractivity contribution in [3.05, 3.63) is 17.2 Å². The van der Waals surface area contributed by atoms with Crippen molar-refractivity contribution in [3.63, 3.8) is 0 Å². The fraction of sp³-hybridized carbons (Fsp3) is 0.500.